The lowest BCUT2D eigenvalue weighted by Gasteiger charge is -2.22. The van der Waals surface area contributed by atoms with Gasteiger partial charge in [0.1, 0.15) is 12.4 Å². The number of para-hydroxylation sites is 1. The molecule has 2 unspecified atom stereocenters. The molecular formula is C16H21NO2S. The summed E-state index contributed by atoms with van der Waals surface area (Å²) in [5.41, 5.74) is 7.30. The van der Waals surface area contributed by atoms with Gasteiger partial charge in [0.05, 0.1) is 12.7 Å². The van der Waals surface area contributed by atoms with Crippen molar-refractivity contribution in [2.24, 2.45) is 5.73 Å². The molecule has 0 saturated carbocycles. The Kier molecular flexibility index (Phi) is 6.05. The van der Waals surface area contributed by atoms with Gasteiger partial charge in [0.25, 0.3) is 0 Å². The molecule has 1 aromatic carbocycles. The third-order valence-electron chi connectivity index (χ3n) is 3.12. The second-order valence-electron chi connectivity index (χ2n) is 4.58. The van der Waals surface area contributed by atoms with E-state index in [1.54, 1.807) is 11.3 Å². The first-order valence-electron chi connectivity index (χ1n) is 6.88. The van der Waals surface area contributed by atoms with Crippen LogP contribution in [-0.4, -0.2) is 19.3 Å². The minimum absolute atomic E-state index is 0.0151. The molecule has 2 N–H and O–H groups in total. The number of nitrogens with two attached hydrogens (primary N) is 1. The van der Waals surface area contributed by atoms with Gasteiger partial charge < -0.3 is 15.2 Å². The lowest BCUT2D eigenvalue weighted by Crippen LogP contribution is -2.30. The van der Waals surface area contributed by atoms with Crippen LogP contribution in [0.4, 0.5) is 0 Å². The molecule has 4 heteroatoms. The van der Waals surface area contributed by atoms with Crippen LogP contribution in [0.1, 0.15) is 25.0 Å². The molecule has 3 nitrogen and oxygen atoms in total. The van der Waals surface area contributed by atoms with Gasteiger partial charge in [0, 0.05) is 6.04 Å². The average molecular weight is 291 g/mol. The highest BCUT2D eigenvalue weighted by Crippen LogP contribution is 2.24. The Morgan fingerprint density at radius 1 is 1.15 bits per heavy atom. The summed E-state index contributed by atoms with van der Waals surface area (Å²) in [6, 6.07) is 11.8. The van der Waals surface area contributed by atoms with Gasteiger partial charge >= 0.3 is 0 Å². The van der Waals surface area contributed by atoms with Gasteiger partial charge in [-0.3, -0.25) is 0 Å². The summed E-state index contributed by atoms with van der Waals surface area (Å²) >= 11 is 1.67. The summed E-state index contributed by atoms with van der Waals surface area (Å²) in [4.78, 5) is 0. The maximum Gasteiger partial charge on any atom is 0.119 e. The Morgan fingerprint density at radius 3 is 2.60 bits per heavy atom. The molecule has 2 rings (SSSR count). The van der Waals surface area contributed by atoms with Crippen LogP contribution in [0.3, 0.4) is 0 Å². The maximum atomic E-state index is 6.14. The first-order valence-corrected chi connectivity index (χ1v) is 7.82. The molecule has 0 fully saturated rings. The summed E-state index contributed by atoms with van der Waals surface area (Å²) in [7, 11) is 0. The quantitative estimate of drug-likeness (QED) is 0.755. The van der Waals surface area contributed by atoms with E-state index in [1.165, 1.54) is 0 Å². The number of thiophene rings is 1. The van der Waals surface area contributed by atoms with Crippen molar-refractivity contribution < 1.29 is 9.47 Å². The molecule has 20 heavy (non-hydrogen) atoms. The molecule has 0 spiro atoms. The van der Waals surface area contributed by atoms with Crippen LogP contribution in [-0.2, 0) is 4.74 Å². The van der Waals surface area contributed by atoms with Gasteiger partial charge in [-0.1, -0.05) is 25.1 Å². The van der Waals surface area contributed by atoms with E-state index in [2.05, 4.69) is 23.8 Å². The molecule has 0 amide bonds. The zero-order valence-electron chi connectivity index (χ0n) is 11.7. The van der Waals surface area contributed by atoms with Gasteiger partial charge in [-0.25, -0.2) is 0 Å². The first kappa shape index (κ1) is 15.0. The van der Waals surface area contributed by atoms with E-state index in [-0.39, 0.29) is 12.1 Å². The fourth-order valence-electron chi connectivity index (χ4n) is 1.97. The predicted molar refractivity (Wildman–Crippen MR) is 83.2 cm³/mol. The van der Waals surface area contributed by atoms with E-state index in [0.29, 0.717) is 13.2 Å². The zero-order chi connectivity index (χ0) is 14.2. The molecule has 2 atom stereocenters. The summed E-state index contributed by atoms with van der Waals surface area (Å²) in [5, 5.41) is 4.15. The molecule has 108 valence electrons. The molecule has 0 aliphatic carbocycles. The van der Waals surface area contributed by atoms with Crippen LogP contribution in [0.25, 0.3) is 0 Å². The van der Waals surface area contributed by atoms with Crippen molar-refractivity contribution >= 4 is 11.3 Å². The van der Waals surface area contributed by atoms with Crippen LogP contribution in [0.2, 0.25) is 0 Å². The first-order chi connectivity index (χ1) is 9.81. The molecule has 0 radical (unpaired) electrons. The monoisotopic (exact) mass is 291 g/mol. The van der Waals surface area contributed by atoms with Crippen molar-refractivity contribution in [3.63, 3.8) is 0 Å². The summed E-state index contributed by atoms with van der Waals surface area (Å²) in [6.07, 6.45) is 0.839. The molecule has 1 heterocycles. The molecule has 0 saturated heterocycles. The van der Waals surface area contributed by atoms with E-state index in [0.717, 1.165) is 17.7 Å². The Labute approximate surface area is 124 Å². The zero-order valence-corrected chi connectivity index (χ0v) is 12.5. The number of hydrogen-bond donors (Lipinski definition) is 1. The largest absolute Gasteiger partial charge is 0.491 e. The smallest absolute Gasteiger partial charge is 0.119 e. The van der Waals surface area contributed by atoms with E-state index in [4.69, 9.17) is 15.2 Å². The Balaban J connectivity index is 1.81. The van der Waals surface area contributed by atoms with Crippen molar-refractivity contribution in [2.45, 2.75) is 25.5 Å². The van der Waals surface area contributed by atoms with Crippen molar-refractivity contribution in [2.75, 3.05) is 13.2 Å². The van der Waals surface area contributed by atoms with Gasteiger partial charge in [0.2, 0.25) is 0 Å². The highest BCUT2D eigenvalue weighted by atomic mass is 32.1. The van der Waals surface area contributed by atoms with Gasteiger partial charge in [-0.05, 0) is 40.9 Å². The Bertz CT molecular complexity index is 472. The molecule has 0 aliphatic heterocycles. The fraction of sp³-hybridized carbons (Fsp3) is 0.375. The third kappa shape index (κ3) is 4.34. The second kappa shape index (κ2) is 8.04. The number of rotatable bonds is 8. The lowest BCUT2D eigenvalue weighted by atomic mass is 10.0. The molecule has 2 aromatic rings. The van der Waals surface area contributed by atoms with Crippen molar-refractivity contribution in [1.82, 2.24) is 0 Å². The van der Waals surface area contributed by atoms with Gasteiger partial charge in [0.15, 0.2) is 0 Å². The highest BCUT2D eigenvalue weighted by Gasteiger charge is 2.19. The molecule has 0 bridgehead atoms. The standard InChI is InChI=1S/C16H21NO2S/c1-2-15(17)16(13-8-11-20-12-13)19-10-9-18-14-6-4-3-5-7-14/h3-8,11-12,15-16H,2,9-10,17H2,1H3. The van der Waals surface area contributed by atoms with E-state index >= 15 is 0 Å². The van der Waals surface area contributed by atoms with Crippen molar-refractivity contribution in [3.05, 3.63) is 52.7 Å². The predicted octanol–water partition coefficient (Wildman–Crippen LogP) is 3.62. The molecule has 0 aliphatic rings. The second-order valence-corrected chi connectivity index (χ2v) is 5.36. The number of benzene rings is 1. The van der Waals surface area contributed by atoms with Crippen LogP contribution in [0.15, 0.2) is 47.2 Å². The summed E-state index contributed by atoms with van der Waals surface area (Å²) in [5.74, 6) is 0.864. The summed E-state index contributed by atoms with van der Waals surface area (Å²) in [6.45, 7) is 3.14. The average Bonchev–Trinajstić information content (AvgIpc) is 3.01. The van der Waals surface area contributed by atoms with Crippen molar-refractivity contribution in [1.29, 1.82) is 0 Å². The van der Waals surface area contributed by atoms with E-state index < -0.39 is 0 Å². The SMILES string of the molecule is CCC(N)C(OCCOc1ccccc1)c1ccsc1. The Morgan fingerprint density at radius 2 is 1.95 bits per heavy atom. The van der Waals surface area contributed by atoms with E-state index in [1.807, 2.05) is 30.3 Å². The lowest BCUT2D eigenvalue weighted by molar-refractivity contribution is 0.0170. The van der Waals surface area contributed by atoms with Crippen LogP contribution < -0.4 is 10.5 Å². The minimum Gasteiger partial charge on any atom is -0.491 e. The molecule has 1 aromatic heterocycles. The van der Waals surface area contributed by atoms with E-state index in [9.17, 15) is 0 Å². The van der Waals surface area contributed by atoms with Crippen LogP contribution >= 0.6 is 11.3 Å². The topological polar surface area (TPSA) is 44.5 Å². The normalized spacial score (nSPS) is 13.9. The minimum atomic E-state index is -0.0503. The van der Waals surface area contributed by atoms with Crippen LogP contribution in [0.5, 0.6) is 5.75 Å². The van der Waals surface area contributed by atoms with Gasteiger partial charge in [-0.15, -0.1) is 0 Å². The van der Waals surface area contributed by atoms with Crippen molar-refractivity contribution in [3.8, 4) is 5.75 Å². The Hall–Kier alpha value is -1.36. The van der Waals surface area contributed by atoms with Crippen LogP contribution in [0, 0.1) is 0 Å². The summed E-state index contributed by atoms with van der Waals surface area (Å²) < 4.78 is 11.5. The number of hydrogen-bond acceptors (Lipinski definition) is 4. The van der Waals surface area contributed by atoms with Gasteiger partial charge in [-0.2, -0.15) is 11.3 Å². The highest BCUT2D eigenvalue weighted by molar-refractivity contribution is 7.07. The number of ether oxygens (including phenoxy) is 2. The fourth-order valence-corrected chi connectivity index (χ4v) is 2.65. The third-order valence-corrected chi connectivity index (χ3v) is 3.83. The molecular weight excluding hydrogens is 270 g/mol. The maximum absolute atomic E-state index is 6.14.